The van der Waals surface area contributed by atoms with E-state index in [0.717, 1.165) is 32.9 Å². The quantitative estimate of drug-likeness (QED) is 0.798. The molecule has 0 aliphatic carbocycles. The lowest BCUT2D eigenvalue weighted by atomic mass is 10.2. The maximum atomic E-state index is 5.83. The Kier molecular flexibility index (Phi) is 3.46. The van der Waals surface area contributed by atoms with E-state index in [4.69, 9.17) is 10.2 Å². The third kappa shape index (κ3) is 2.42. The number of pyridine rings is 1. The van der Waals surface area contributed by atoms with Gasteiger partial charge in [-0.1, -0.05) is 12.1 Å². The average molecular weight is 285 g/mol. The highest BCUT2D eigenvalue weighted by Crippen LogP contribution is 2.33. The molecule has 0 atom stereocenters. The van der Waals surface area contributed by atoms with Crippen molar-refractivity contribution in [2.75, 3.05) is 0 Å². The molecule has 0 bridgehead atoms. The van der Waals surface area contributed by atoms with Gasteiger partial charge in [0.25, 0.3) is 5.22 Å². The van der Waals surface area contributed by atoms with E-state index in [9.17, 15) is 0 Å². The van der Waals surface area contributed by atoms with E-state index < -0.39 is 0 Å². The molecule has 3 rings (SSSR count). The number of para-hydroxylation sites is 2. The molecule has 0 radical (unpaired) electrons. The smallest absolute Gasteiger partial charge is 0.261 e. The number of hydrogen-bond acceptors (Lipinski definition) is 5. The molecule has 0 fully saturated rings. The summed E-state index contributed by atoms with van der Waals surface area (Å²) in [6, 6.07) is 9.77. The number of oxazole rings is 1. The van der Waals surface area contributed by atoms with E-state index in [2.05, 4.69) is 9.97 Å². The van der Waals surface area contributed by atoms with Gasteiger partial charge in [0.05, 0.1) is 0 Å². The van der Waals surface area contributed by atoms with Crippen LogP contribution in [-0.4, -0.2) is 9.97 Å². The fraction of sp³-hybridized carbons (Fsp3) is 0.200. The molecule has 3 aromatic rings. The van der Waals surface area contributed by atoms with Crippen LogP contribution in [0.2, 0.25) is 0 Å². The van der Waals surface area contributed by atoms with Crippen molar-refractivity contribution in [3.63, 3.8) is 0 Å². The SMILES string of the molecule is Cc1cc(Sc2nc3ccccc3o2)c(CN)c(C)n1. The van der Waals surface area contributed by atoms with Crippen LogP contribution < -0.4 is 5.73 Å². The first kappa shape index (κ1) is 13.1. The summed E-state index contributed by atoms with van der Waals surface area (Å²) >= 11 is 1.50. The molecule has 102 valence electrons. The number of rotatable bonds is 3. The maximum Gasteiger partial charge on any atom is 0.261 e. The molecular weight excluding hydrogens is 270 g/mol. The van der Waals surface area contributed by atoms with Gasteiger partial charge < -0.3 is 10.2 Å². The molecule has 20 heavy (non-hydrogen) atoms. The Morgan fingerprint density at radius 1 is 1.20 bits per heavy atom. The van der Waals surface area contributed by atoms with Crippen LogP contribution in [0.15, 0.2) is 44.9 Å². The Hall–Kier alpha value is -1.85. The van der Waals surface area contributed by atoms with Crippen molar-refractivity contribution >= 4 is 22.9 Å². The number of nitrogens with two attached hydrogens (primary N) is 1. The van der Waals surface area contributed by atoms with Gasteiger partial charge in [-0.25, -0.2) is 4.98 Å². The predicted molar refractivity (Wildman–Crippen MR) is 79.7 cm³/mol. The summed E-state index contributed by atoms with van der Waals surface area (Å²) in [4.78, 5) is 9.98. The van der Waals surface area contributed by atoms with Gasteiger partial charge in [-0.15, -0.1) is 0 Å². The van der Waals surface area contributed by atoms with Crippen LogP contribution in [-0.2, 0) is 6.54 Å². The zero-order chi connectivity index (χ0) is 14.1. The first-order chi connectivity index (χ1) is 9.67. The first-order valence-electron chi connectivity index (χ1n) is 6.38. The molecule has 5 heteroatoms. The Morgan fingerprint density at radius 3 is 2.75 bits per heavy atom. The van der Waals surface area contributed by atoms with Crippen LogP contribution in [0.1, 0.15) is 17.0 Å². The predicted octanol–water partition coefficient (Wildman–Crippen LogP) is 3.45. The monoisotopic (exact) mass is 285 g/mol. The van der Waals surface area contributed by atoms with Crippen molar-refractivity contribution in [1.29, 1.82) is 0 Å². The lowest BCUT2D eigenvalue weighted by Gasteiger charge is -2.09. The summed E-state index contributed by atoms with van der Waals surface area (Å²) in [5.41, 5.74) is 10.5. The summed E-state index contributed by atoms with van der Waals surface area (Å²) in [5, 5.41) is 0.630. The lowest BCUT2D eigenvalue weighted by molar-refractivity contribution is 0.489. The molecular formula is C15H15N3OS. The van der Waals surface area contributed by atoms with Gasteiger partial charge in [-0.05, 0) is 43.8 Å². The highest BCUT2D eigenvalue weighted by molar-refractivity contribution is 7.99. The molecule has 2 N–H and O–H groups in total. The topological polar surface area (TPSA) is 64.9 Å². The number of hydrogen-bond donors (Lipinski definition) is 1. The average Bonchev–Trinajstić information content (AvgIpc) is 2.80. The summed E-state index contributed by atoms with van der Waals surface area (Å²) in [5.74, 6) is 0. The van der Waals surface area contributed by atoms with Gasteiger partial charge in [0.15, 0.2) is 5.58 Å². The number of nitrogens with zero attached hydrogens (tertiary/aromatic N) is 2. The van der Waals surface area contributed by atoms with E-state index in [1.165, 1.54) is 11.8 Å². The Labute approximate surface area is 121 Å². The molecule has 0 unspecified atom stereocenters. The van der Waals surface area contributed by atoms with Gasteiger partial charge >= 0.3 is 0 Å². The molecule has 4 nitrogen and oxygen atoms in total. The Balaban J connectivity index is 2.02. The summed E-state index contributed by atoms with van der Waals surface area (Å²) < 4.78 is 5.74. The maximum absolute atomic E-state index is 5.83. The standard InChI is InChI=1S/C15H15N3OS/c1-9-7-14(11(8-16)10(2)17-9)20-15-18-12-5-3-4-6-13(12)19-15/h3-7H,8,16H2,1-2H3. The Bertz CT molecular complexity index is 734. The van der Waals surface area contributed by atoms with Crippen molar-refractivity contribution in [3.8, 4) is 0 Å². The van der Waals surface area contributed by atoms with E-state index in [-0.39, 0.29) is 0 Å². The van der Waals surface area contributed by atoms with Gasteiger partial charge in [0, 0.05) is 28.4 Å². The number of benzene rings is 1. The van der Waals surface area contributed by atoms with Gasteiger partial charge in [0.2, 0.25) is 0 Å². The largest absolute Gasteiger partial charge is 0.431 e. The molecule has 0 amide bonds. The molecule has 2 aromatic heterocycles. The van der Waals surface area contributed by atoms with Crippen LogP contribution in [0.5, 0.6) is 0 Å². The van der Waals surface area contributed by atoms with Crippen LogP contribution in [0.4, 0.5) is 0 Å². The van der Waals surface area contributed by atoms with Crippen molar-refractivity contribution in [2.45, 2.75) is 30.5 Å². The van der Waals surface area contributed by atoms with E-state index in [1.54, 1.807) is 0 Å². The molecule has 0 saturated heterocycles. The molecule has 0 aliphatic heterocycles. The van der Waals surface area contributed by atoms with Crippen molar-refractivity contribution in [2.24, 2.45) is 5.73 Å². The summed E-state index contributed by atoms with van der Waals surface area (Å²) in [7, 11) is 0. The summed E-state index contributed by atoms with van der Waals surface area (Å²) in [6.07, 6.45) is 0. The van der Waals surface area contributed by atoms with Crippen molar-refractivity contribution in [3.05, 3.63) is 47.3 Å². The van der Waals surface area contributed by atoms with Crippen LogP contribution in [0.3, 0.4) is 0 Å². The van der Waals surface area contributed by atoms with E-state index >= 15 is 0 Å². The van der Waals surface area contributed by atoms with Gasteiger partial charge in [0.1, 0.15) is 5.52 Å². The minimum absolute atomic E-state index is 0.460. The zero-order valence-electron chi connectivity index (χ0n) is 11.4. The third-order valence-electron chi connectivity index (χ3n) is 3.09. The normalized spacial score (nSPS) is 11.2. The Morgan fingerprint density at radius 2 is 2.00 bits per heavy atom. The molecule has 0 saturated carbocycles. The molecule has 2 heterocycles. The second-order valence-corrected chi connectivity index (χ2v) is 5.57. The highest BCUT2D eigenvalue weighted by Gasteiger charge is 2.12. The number of aromatic nitrogens is 2. The fourth-order valence-corrected chi connectivity index (χ4v) is 3.19. The van der Waals surface area contributed by atoms with Crippen LogP contribution in [0.25, 0.3) is 11.1 Å². The first-order valence-corrected chi connectivity index (χ1v) is 7.19. The molecule has 0 aliphatic rings. The number of aryl methyl sites for hydroxylation is 2. The van der Waals surface area contributed by atoms with Gasteiger partial charge in [-0.2, -0.15) is 0 Å². The van der Waals surface area contributed by atoms with Crippen molar-refractivity contribution < 1.29 is 4.42 Å². The fourth-order valence-electron chi connectivity index (χ4n) is 2.15. The van der Waals surface area contributed by atoms with Crippen LogP contribution in [0, 0.1) is 13.8 Å². The van der Waals surface area contributed by atoms with E-state index in [0.29, 0.717) is 11.8 Å². The lowest BCUT2D eigenvalue weighted by Crippen LogP contribution is -2.04. The zero-order valence-corrected chi connectivity index (χ0v) is 12.2. The minimum atomic E-state index is 0.460. The second kappa shape index (κ2) is 5.26. The van der Waals surface area contributed by atoms with E-state index in [1.807, 2.05) is 44.2 Å². The number of fused-ring (bicyclic) bond motifs is 1. The third-order valence-corrected chi connectivity index (χ3v) is 4.03. The second-order valence-electron chi connectivity index (χ2n) is 4.58. The minimum Gasteiger partial charge on any atom is -0.431 e. The molecule has 1 aromatic carbocycles. The van der Waals surface area contributed by atoms with Crippen LogP contribution >= 0.6 is 11.8 Å². The molecule has 0 spiro atoms. The summed E-state index contributed by atoms with van der Waals surface area (Å²) in [6.45, 7) is 4.41. The van der Waals surface area contributed by atoms with Gasteiger partial charge in [-0.3, -0.25) is 4.98 Å². The highest BCUT2D eigenvalue weighted by atomic mass is 32.2. The van der Waals surface area contributed by atoms with Crippen molar-refractivity contribution in [1.82, 2.24) is 9.97 Å².